The van der Waals surface area contributed by atoms with Gasteiger partial charge < -0.3 is 0 Å². The summed E-state index contributed by atoms with van der Waals surface area (Å²) in [6, 6.07) is 25.4. The number of benzene rings is 3. The number of anilines is 1. The lowest BCUT2D eigenvalue weighted by molar-refractivity contribution is -0.106. The van der Waals surface area contributed by atoms with E-state index in [9.17, 15) is 21.6 Å². The van der Waals surface area contributed by atoms with Gasteiger partial charge in [0.05, 0.1) is 0 Å². The minimum absolute atomic E-state index is 0.141. The summed E-state index contributed by atoms with van der Waals surface area (Å²) >= 11 is 0. The molecule has 3 nitrogen and oxygen atoms in total. The van der Waals surface area contributed by atoms with Crippen LogP contribution in [0.5, 0.6) is 0 Å². The summed E-state index contributed by atoms with van der Waals surface area (Å²) in [5.74, 6) is -1.93. The van der Waals surface area contributed by atoms with Crippen LogP contribution in [0, 0.1) is 0 Å². The Morgan fingerprint density at radius 3 is 1.71 bits per heavy atom. The molecule has 146 valence electrons. The van der Waals surface area contributed by atoms with Crippen molar-refractivity contribution in [3.05, 3.63) is 84.9 Å². The summed E-state index contributed by atoms with van der Waals surface area (Å²) in [5, 5.41) is 0. The van der Waals surface area contributed by atoms with Gasteiger partial charge in [-0.2, -0.15) is 13.2 Å². The lowest BCUT2D eigenvalue weighted by Gasteiger charge is -2.14. The Kier molecular flexibility index (Phi) is 6.00. The van der Waals surface area contributed by atoms with Crippen LogP contribution in [-0.4, -0.2) is 20.3 Å². The summed E-state index contributed by atoms with van der Waals surface area (Å²) in [5.41, 5.74) is 0.141. The maximum Gasteiger partial charge on any atom is 0.404 e. The van der Waals surface area contributed by atoms with E-state index in [1.54, 1.807) is 18.2 Å². The second kappa shape index (κ2) is 8.28. The molecule has 0 amide bonds. The molecule has 0 fully saturated rings. The number of halogens is 3. The topological polar surface area (TPSA) is 46.2 Å². The SMILES string of the molecule is O=S(=O)(CC(F)(F)F)Nc1ccccc1[S+](c1ccccc1)c1ccccc1. The molecule has 0 bridgehead atoms. The lowest BCUT2D eigenvalue weighted by Crippen LogP contribution is -2.28. The summed E-state index contributed by atoms with van der Waals surface area (Å²) in [6.07, 6.45) is -4.82. The van der Waals surface area contributed by atoms with Crippen molar-refractivity contribution in [1.29, 1.82) is 0 Å². The van der Waals surface area contributed by atoms with E-state index in [4.69, 9.17) is 0 Å². The van der Waals surface area contributed by atoms with Gasteiger partial charge in [-0.15, -0.1) is 0 Å². The fraction of sp³-hybridized carbons (Fsp3) is 0.100. The molecular weight excluding hydrogens is 407 g/mol. The van der Waals surface area contributed by atoms with Crippen molar-refractivity contribution >= 4 is 26.6 Å². The predicted molar refractivity (Wildman–Crippen MR) is 105 cm³/mol. The van der Waals surface area contributed by atoms with Gasteiger partial charge in [-0.25, -0.2) is 8.42 Å². The quantitative estimate of drug-likeness (QED) is 0.561. The number of nitrogens with one attached hydrogen (secondary N) is 1. The number of alkyl halides is 3. The maximum atomic E-state index is 12.6. The van der Waals surface area contributed by atoms with E-state index < -0.39 is 32.8 Å². The van der Waals surface area contributed by atoms with Crippen LogP contribution in [0.2, 0.25) is 0 Å². The highest BCUT2D eigenvalue weighted by Crippen LogP contribution is 2.36. The molecule has 0 aliphatic rings. The van der Waals surface area contributed by atoms with Crippen molar-refractivity contribution in [2.75, 3.05) is 10.5 Å². The van der Waals surface area contributed by atoms with Crippen LogP contribution in [0.15, 0.2) is 99.6 Å². The number of hydrogen-bond donors (Lipinski definition) is 1. The van der Waals surface area contributed by atoms with Gasteiger partial charge >= 0.3 is 6.18 Å². The molecule has 0 aromatic heterocycles. The number of hydrogen-bond acceptors (Lipinski definition) is 2. The molecule has 0 saturated heterocycles. The van der Waals surface area contributed by atoms with Crippen LogP contribution in [0.4, 0.5) is 18.9 Å². The predicted octanol–water partition coefficient (Wildman–Crippen LogP) is 5.09. The number of para-hydroxylation sites is 1. The normalized spacial score (nSPS) is 12.1. The first-order chi connectivity index (χ1) is 13.3. The third-order valence-electron chi connectivity index (χ3n) is 3.68. The van der Waals surface area contributed by atoms with Crippen molar-refractivity contribution in [2.45, 2.75) is 20.9 Å². The zero-order valence-electron chi connectivity index (χ0n) is 14.6. The summed E-state index contributed by atoms with van der Waals surface area (Å²) in [4.78, 5) is 2.46. The fourth-order valence-corrected chi connectivity index (χ4v) is 5.92. The second-order valence-electron chi connectivity index (χ2n) is 5.90. The van der Waals surface area contributed by atoms with Crippen molar-refractivity contribution in [3.8, 4) is 0 Å². The average molecular weight is 424 g/mol. The number of rotatable bonds is 6. The molecule has 0 saturated carbocycles. The molecule has 3 rings (SSSR count). The highest BCUT2D eigenvalue weighted by atomic mass is 32.2. The minimum atomic E-state index is -4.82. The first kappa shape index (κ1) is 20.3. The van der Waals surface area contributed by atoms with Gasteiger partial charge in [-0.05, 0) is 36.4 Å². The van der Waals surface area contributed by atoms with Crippen molar-refractivity contribution in [1.82, 2.24) is 0 Å². The largest absolute Gasteiger partial charge is 0.404 e. The summed E-state index contributed by atoms with van der Waals surface area (Å²) in [6.45, 7) is 0. The third-order valence-corrected chi connectivity index (χ3v) is 7.21. The molecule has 1 N–H and O–H groups in total. The van der Waals surface area contributed by atoms with E-state index >= 15 is 0 Å². The van der Waals surface area contributed by atoms with E-state index in [1.165, 1.54) is 6.07 Å². The standard InChI is InChI=1S/C20H17F3NO2S2/c21-20(22,23)15-28(25,26)24-18-13-7-8-14-19(18)27(16-9-3-1-4-10-16)17-11-5-2-6-12-17/h1-14,24H,15H2/q+1. The van der Waals surface area contributed by atoms with Gasteiger partial charge in [0.2, 0.25) is 10.0 Å². The zero-order valence-corrected chi connectivity index (χ0v) is 16.2. The monoisotopic (exact) mass is 424 g/mol. The van der Waals surface area contributed by atoms with Crippen LogP contribution in [0.1, 0.15) is 0 Å². The van der Waals surface area contributed by atoms with Gasteiger partial charge in [-0.3, -0.25) is 4.72 Å². The Labute approximate surface area is 164 Å². The van der Waals surface area contributed by atoms with Gasteiger partial charge in [0.1, 0.15) is 16.6 Å². The van der Waals surface area contributed by atoms with Crippen molar-refractivity contribution in [3.63, 3.8) is 0 Å². The van der Waals surface area contributed by atoms with E-state index in [1.807, 2.05) is 60.7 Å². The highest BCUT2D eigenvalue weighted by Gasteiger charge is 2.37. The Hall–Kier alpha value is -2.45. The summed E-state index contributed by atoms with van der Waals surface area (Å²) in [7, 11) is -5.28. The van der Waals surface area contributed by atoms with Crippen molar-refractivity contribution < 1.29 is 21.6 Å². The van der Waals surface area contributed by atoms with Gasteiger partial charge in [0.25, 0.3) is 0 Å². The van der Waals surface area contributed by atoms with E-state index in [0.717, 1.165) is 9.79 Å². The van der Waals surface area contributed by atoms with Crippen LogP contribution in [-0.2, 0) is 20.9 Å². The van der Waals surface area contributed by atoms with Crippen molar-refractivity contribution in [2.24, 2.45) is 0 Å². The van der Waals surface area contributed by atoms with Gasteiger partial charge in [0.15, 0.2) is 20.4 Å². The third kappa shape index (κ3) is 5.30. The van der Waals surface area contributed by atoms with Crippen LogP contribution in [0.3, 0.4) is 0 Å². The molecular formula is C20H17F3NO2S2+. The first-order valence-electron chi connectivity index (χ1n) is 8.26. The molecule has 3 aromatic rings. The Morgan fingerprint density at radius 2 is 1.21 bits per heavy atom. The average Bonchev–Trinajstić information content (AvgIpc) is 2.63. The molecule has 0 aliphatic heterocycles. The Morgan fingerprint density at radius 1 is 0.750 bits per heavy atom. The molecule has 28 heavy (non-hydrogen) atoms. The van der Waals surface area contributed by atoms with Gasteiger partial charge in [-0.1, -0.05) is 48.5 Å². The smallest absolute Gasteiger partial charge is 0.278 e. The fourth-order valence-electron chi connectivity index (χ4n) is 2.65. The molecule has 0 heterocycles. The molecule has 3 aromatic carbocycles. The molecule has 0 aliphatic carbocycles. The van der Waals surface area contributed by atoms with E-state index in [2.05, 4.69) is 4.72 Å². The van der Waals surface area contributed by atoms with E-state index in [0.29, 0.717) is 4.90 Å². The van der Waals surface area contributed by atoms with Crippen LogP contribution < -0.4 is 4.72 Å². The summed E-state index contributed by atoms with van der Waals surface area (Å²) < 4.78 is 64.1. The first-order valence-corrected chi connectivity index (χ1v) is 11.1. The van der Waals surface area contributed by atoms with Crippen LogP contribution >= 0.6 is 0 Å². The van der Waals surface area contributed by atoms with Gasteiger partial charge in [0, 0.05) is 0 Å². The highest BCUT2D eigenvalue weighted by molar-refractivity contribution is 7.97. The van der Waals surface area contributed by atoms with E-state index in [-0.39, 0.29) is 5.69 Å². The minimum Gasteiger partial charge on any atom is -0.278 e. The van der Waals surface area contributed by atoms with Crippen LogP contribution in [0.25, 0.3) is 0 Å². The molecule has 0 atom stereocenters. The second-order valence-corrected chi connectivity index (χ2v) is 9.62. The molecule has 0 radical (unpaired) electrons. The molecule has 0 unspecified atom stereocenters. The zero-order chi connectivity index (χ0) is 20.2. The Bertz CT molecular complexity index is 985. The maximum absolute atomic E-state index is 12.6. The molecule has 0 spiro atoms. The lowest BCUT2D eigenvalue weighted by atomic mass is 10.3. The molecule has 8 heteroatoms. The Balaban J connectivity index is 2.08. The number of sulfonamides is 1.